The average molecular weight is 343 g/mol. The topological polar surface area (TPSA) is 61.4 Å². The first-order valence-electron chi connectivity index (χ1n) is 7.65. The van der Waals surface area contributed by atoms with Crippen LogP contribution < -0.4 is 10.6 Å². The maximum absolute atomic E-state index is 12.6. The summed E-state index contributed by atoms with van der Waals surface area (Å²) < 4.78 is 37.8. The van der Waals surface area contributed by atoms with Gasteiger partial charge in [0.2, 0.25) is 5.91 Å². The number of carbonyl (C=O) groups excluding carboxylic acids is 2. The van der Waals surface area contributed by atoms with Gasteiger partial charge < -0.3 is 15.5 Å². The van der Waals surface area contributed by atoms with Gasteiger partial charge in [-0.3, -0.25) is 9.59 Å². The first-order chi connectivity index (χ1) is 11.2. The fourth-order valence-electron chi connectivity index (χ4n) is 2.52. The van der Waals surface area contributed by atoms with Gasteiger partial charge in [0.25, 0.3) is 5.91 Å². The lowest BCUT2D eigenvalue weighted by atomic mass is 10.1. The molecule has 0 aliphatic carbocycles. The van der Waals surface area contributed by atoms with Gasteiger partial charge in [0.1, 0.15) is 6.54 Å². The molecular formula is C16H20F3N3O2. The molecule has 2 rings (SSSR count). The van der Waals surface area contributed by atoms with Gasteiger partial charge in [0.15, 0.2) is 0 Å². The van der Waals surface area contributed by atoms with E-state index in [2.05, 4.69) is 10.6 Å². The van der Waals surface area contributed by atoms with Crippen molar-refractivity contribution in [2.75, 3.05) is 25.0 Å². The molecule has 1 aliphatic rings. The quantitative estimate of drug-likeness (QED) is 0.834. The van der Waals surface area contributed by atoms with E-state index in [0.717, 1.165) is 10.5 Å². The zero-order valence-electron chi connectivity index (χ0n) is 13.5. The molecule has 0 fully saturated rings. The predicted molar refractivity (Wildman–Crippen MR) is 83.6 cm³/mol. The smallest absolute Gasteiger partial charge is 0.376 e. The summed E-state index contributed by atoms with van der Waals surface area (Å²) in [6.07, 6.45) is -4.43. The number of fused-ring (bicyclic) bond motifs is 1. The summed E-state index contributed by atoms with van der Waals surface area (Å²) in [4.78, 5) is 24.5. The van der Waals surface area contributed by atoms with Gasteiger partial charge in [0, 0.05) is 24.3 Å². The summed E-state index contributed by atoms with van der Waals surface area (Å²) in [5.41, 5.74) is 1.90. The fraction of sp³-hybridized carbons (Fsp3) is 0.500. The second-order valence-electron chi connectivity index (χ2n) is 6.19. The zero-order valence-corrected chi connectivity index (χ0v) is 13.5. The third kappa shape index (κ3) is 4.87. The van der Waals surface area contributed by atoms with Crippen molar-refractivity contribution in [1.29, 1.82) is 0 Å². The monoisotopic (exact) mass is 343 g/mol. The highest BCUT2D eigenvalue weighted by atomic mass is 19.4. The summed E-state index contributed by atoms with van der Waals surface area (Å²) >= 11 is 0. The number of anilines is 1. The van der Waals surface area contributed by atoms with Crippen molar-refractivity contribution in [3.63, 3.8) is 0 Å². The lowest BCUT2D eigenvalue weighted by molar-refractivity contribution is -0.161. The van der Waals surface area contributed by atoms with Crippen LogP contribution >= 0.6 is 0 Å². The third-order valence-electron chi connectivity index (χ3n) is 3.55. The van der Waals surface area contributed by atoms with E-state index in [0.29, 0.717) is 17.8 Å². The van der Waals surface area contributed by atoms with Gasteiger partial charge in [-0.05, 0) is 23.6 Å². The highest BCUT2D eigenvalue weighted by Gasteiger charge is 2.33. The Morgan fingerprint density at radius 2 is 2.08 bits per heavy atom. The van der Waals surface area contributed by atoms with Crippen molar-refractivity contribution in [3.8, 4) is 0 Å². The molecule has 0 spiro atoms. The van der Waals surface area contributed by atoms with Gasteiger partial charge in [-0.15, -0.1) is 0 Å². The van der Waals surface area contributed by atoms with Crippen molar-refractivity contribution in [2.24, 2.45) is 5.92 Å². The maximum atomic E-state index is 12.6. The molecule has 0 atom stereocenters. The molecule has 0 saturated heterocycles. The van der Waals surface area contributed by atoms with Crippen LogP contribution in [0.25, 0.3) is 0 Å². The van der Waals surface area contributed by atoms with Crippen LogP contribution in [0.15, 0.2) is 18.2 Å². The van der Waals surface area contributed by atoms with Crippen molar-refractivity contribution in [3.05, 3.63) is 29.3 Å². The molecule has 0 unspecified atom stereocenters. The molecule has 1 aromatic rings. The Balaban J connectivity index is 1.99. The minimum Gasteiger partial charge on any atom is -0.376 e. The highest BCUT2D eigenvalue weighted by Crippen LogP contribution is 2.21. The number of rotatable bonds is 6. The first kappa shape index (κ1) is 18.1. The summed E-state index contributed by atoms with van der Waals surface area (Å²) in [6.45, 7) is 2.47. The van der Waals surface area contributed by atoms with E-state index in [1.807, 2.05) is 0 Å². The predicted octanol–water partition coefficient (Wildman–Crippen LogP) is 2.39. The molecule has 24 heavy (non-hydrogen) atoms. The molecule has 0 saturated carbocycles. The lowest BCUT2D eigenvalue weighted by Gasteiger charge is -2.26. The number of hydrogen-bond donors (Lipinski definition) is 2. The fourth-order valence-corrected chi connectivity index (χ4v) is 2.52. The maximum Gasteiger partial charge on any atom is 0.406 e. The number of nitrogens with zero attached hydrogens (tertiary/aromatic N) is 1. The second-order valence-corrected chi connectivity index (χ2v) is 6.19. The largest absolute Gasteiger partial charge is 0.406 e. The van der Waals surface area contributed by atoms with E-state index in [1.165, 1.54) is 0 Å². The Labute approximate surface area is 138 Å². The number of alkyl halides is 3. The van der Waals surface area contributed by atoms with Crippen LogP contribution in [0.1, 0.15) is 29.8 Å². The van der Waals surface area contributed by atoms with E-state index in [9.17, 15) is 22.8 Å². The number of carbonyl (C=O) groups is 2. The van der Waals surface area contributed by atoms with Crippen LogP contribution in [0.3, 0.4) is 0 Å². The van der Waals surface area contributed by atoms with Gasteiger partial charge in [-0.1, -0.05) is 19.9 Å². The number of benzene rings is 1. The molecule has 2 N–H and O–H groups in total. The van der Waals surface area contributed by atoms with Crippen LogP contribution in [0, 0.1) is 5.92 Å². The number of nitrogens with one attached hydrogen (secondary N) is 2. The third-order valence-corrected chi connectivity index (χ3v) is 3.55. The average Bonchev–Trinajstić information content (AvgIpc) is 2.83. The minimum absolute atomic E-state index is 0.0343. The Bertz CT molecular complexity index is 629. The SMILES string of the molecule is CC(C)CN(CC(F)(F)F)C(=O)CNc1ccc2c(c1)C(=O)NC2. The van der Waals surface area contributed by atoms with Crippen LogP contribution in [-0.2, 0) is 11.3 Å². The van der Waals surface area contributed by atoms with Crippen LogP contribution in [-0.4, -0.2) is 42.5 Å². The molecular weight excluding hydrogens is 323 g/mol. The second kappa shape index (κ2) is 7.11. The van der Waals surface area contributed by atoms with Crippen LogP contribution in [0.5, 0.6) is 0 Å². The van der Waals surface area contributed by atoms with E-state index >= 15 is 0 Å². The molecule has 1 heterocycles. The summed E-state index contributed by atoms with van der Waals surface area (Å²) in [7, 11) is 0. The molecule has 5 nitrogen and oxygen atoms in total. The first-order valence-corrected chi connectivity index (χ1v) is 7.65. The highest BCUT2D eigenvalue weighted by molar-refractivity contribution is 5.99. The molecule has 1 aliphatic heterocycles. The Morgan fingerprint density at radius 1 is 1.38 bits per heavy atom. The summed E-state index contributed by atoms with van der Waals surface area (Å²) in [5, 5.41) is 5.47. The summed E-state index contributed by atoms with van der Waals surface area (Å²) in [6, 6.07) is 5.05. The summed E-state index contributed by atoms with van der Waals surface area (Å²) in [5.74, 6) is -0.899. The normalized spacial score (nSPS) is 13.7. The van der Waals surface area contributed by atoms with E-state index in [-0.39, 0.29) is 24.9 Å². The van der Waals surface area contributed by atoms with Gasteiger partial charge in [-0.2, -0.15) is 13.2 Å². The standard InChI is InChI=1S/C16H20F3N3O2/c1-10(2)8-22(9-16(17,18)19)14(23)7-20-12-4-3-11-6-21-15(24)13(11)5-12/h3-5,10,20H,6-9H2,1-2H3,(H,21,24). The van der Waals surface area contributed by atoms with Crippen molar-refractivity contribution < 1.29 is 22.8 Å². The van der Waals surface area contributed by atoms with Crippen molar-refractivity contribution >= 4 is 17.5 Å². The van der Waals surface area contributed by atoms with Gasteiger partial charge >= 0.3 is 6.18 Å². The molecule has 2 amide bonds. The van der Waals surface area contributed by atoms with Gasteiger partial charge in [0.05, 0.1) is 6.54 Å². The zero-order chi connectivity index (χ0) is 17.9. The minimum atomic E-state index is -4.43. The number of amides is 2. The van der Waals surface area contributed by atoms with E-state index in [4.69, 9.17) is 0 Å². The number of hydrogen-bond acceptors (Lipinski definition) is 3. The van der Waals surface area contributed by atoms with Crippen molar-refractivity contribution in [1.82, 2.24) is 10.2 Å². The van der Waals surface area contributed by atoms with Crippen LogP contribution in [0.2, 0.25) is 0 Å². The Hall–Kier alpha value is -2.25. The number of halogens is 3. The molecule has 0 bridgehead atoms. The molecule has 0 aromatic heterocycles. The van der Waals surface area contributed by atoms with E-state index < -0.39 is 18.6 Å². The molecule has 8 heteroatoms. The van der Waals surface area contributed by atoms with Crippen LogP contribution in [0.4, 0.5) is 18.9 Å². The Morgan fingerprint density at radius 3 is 2.71 bits per heavy atom. The lowest BCUT2D eigenvalue weighted by Crippen LogP contribution is -2.43. The van der Waals surface area contributed by atoms with Crippen molar-refractivity contribution in [2.45, 2.75) is 26.6 Å². The molecule has 132 valence electrons. The van der Waals surface area contributed by atoms with Gasteiger partial charge in [-0.25, -0.2) is 0 Å². The van der Waals surface area contributed by atoms with E-state index in [1.54, 1.807) is 32.0 Å². The molecule has 1 aromatic carbocycles. The molecule has 0 radical (unpaired) electrons. The Kier molecular flexibility index (Phi) is 5.36.